The molecule has 6 nitrogen and oxygen atoms in total. The first kappa shape index (κ1) is 21.5. The van der Waals surface area contributed by atoms with E-state index in [0.717, 1.165) is 11.1 Å². The lowest BCUT2D eigenvalue weighted by Crippen LogP contribution is -2.35. The molecule has 0 aliphatic carbocycles. The molecule has 0 unspecified atom stereocenters. The largest absolute Gasteiger partial charge is 0.481 e. The van der Waals surface area contributed by atoms with E-state index in [9.17, 15) is 14.7 Å². The van der Waals surface area contributed by atoms with E-state index in [4.69, 9.17) is 16.9 Å². The second-order valence-corrected chi connectivity index (χ2v) is 7.95. The Morgan fingerprint density at radius 2 is 2.03 bits per heavy atom. The van der Waals surface area contributed by atoms with Crippen LogP contribution >= 0.6 is 22.9 Å². The molecule has 1 amide bonds. The van der Waals surface area contributed by atoms with E-state index in [1.165, 1.54) is 16.2 Å². The van der Waals surface area contributed by atoms with Gasteiger partial charge in [-0.15, -0.1) is 11.3 Å². The second kappa shape index (κ2) is 9.53. The number of carbonyl (C=O) groups excluding carboxylic acids is 1. The minimum atomic E-state index is -1.06. The van der Waals surface area contributed by atoms with Gasteiger partial charge in [0.25, 0.3) is 0 Å². The Morgan fingerprint density at radius 1 is 1.27 bits per heavy atom. The van der Waals surface area contributed by atoms with Gasteiger partial charge in [-0.05, 0) is 30.2 Å². The molecule has 3 aromatic rings. The van der Waals surface area contributed by atoms with Crippen LogP contribution in [-0.4, -0.2) is 29.0 Å². The number of carboxylic acids is 1. The monoisotopic (exact) mass is 439 g/mol. The average Bonchev–Trinajstić information content (AvgIpc) is 3.22. The highest BCUT2D eigenvalue weighted by molar-refractivity contribution is 7.14. The number of carbonyl (C=O) groups is 2. The Kier molecular flexibility index (Phi) is 6.83. The number of hydrogen-bond acceptors (Lipinski definition) is 5. The summed E-state index contributed by atoms with van der Waals surface area (Å²) in [6, 6.07) is 16.2. The van der Waals surface area contributed by atoms with Crippen LogP contribution in [0.1, 0.15) is 17.5 Å². The lowest BCUT2D eigenvalue weighted by Gasteiger charge is -2.21. The van der Waals surface area contributed by atoms with Gasteiger partial charge in [0.15, 0.2) is 5.13 Å². The molecule has 8 heteroatoms. The number of aliphatic carboxylic acids is 1. The van der Waals surface area contributed by atoms with E-state index in [1.807, 2.05) is 23.6 Å². The molecule has 1 aromatic heterocycles. The van der Waals surface area contributed by atoms with Crippen LogP contribution in [0, 0.1) is 17.2 Å². The molecule has 152 valence electrons. The van der Waals surface area contributed by atoms with E-state index in [2.05, 4.69) is 11.1 Å². The maximum atomic E-state index is 13.1. The first-order chi connectivity index (χ1) is 14.4. The van der Waals surface area contributed by atoms with Crippen molar-refractivity contribution < 1.29 is 14.7 Å². The van der Waals surface area contributed by atoms with Crippen LogP contribution in [0.25, 0.3) is 11.3 Å². The van der Waals surface area contributed by atoms with Crippen LogP contribution in [0.4, 0.5) is 5.13 Å². The van der Waals surface area contributed by atoms with E-state index in [1.54, 1.807) is 37.4 Å². The first-order valence-electron chi connectivity index (χ1n) is 9.08. The van der Waals surface area contributed by atoms with Gasteiger partial charge in [-0.25, -0.2) is 4.98 Å². The normalized spacial score (nSPS) is 11.5. The topological polar surface area (TPSA) is 94.3 Å². The minimum absolute atomic E-state index is 0.216. The molecule has 0 radical (unpaired) electrons. The van der Waals surface area contributed by atoms with Crippen LogP contribution in [0.5, 0.6) is 0 Å². The van der Waals surface area contributed by atoms with Crippen molar-refractivity contribution in [3.63, 3.8) is 0 Å². The van der Waals surface area contributed by atoms with Crippen molar-refractivity contribution in [3.8, 4) is 17.3 Å². The molecule has 0 spiro atoms. The molecule has 30 heavy (non-hydrogen) atoms. The van der Waals surface area contributed by atoms with Gasteiger partial charge in [0.05, 0.1) is 29.7 Å². The molecule has 1 heterocycles. The summed E-state index contributed by atoms with van der Waals surface area (Å²) in [5.74, 6) is -2.19. The highest BCUT2D eigenvalue weighted by Gasteiger charge is 2.27. The summed E-state index contributed by atoms with van der Waals surface area (Å²) in [7, 11) is 1.58. The number of nitrogens with zero attached hydrogens (tertiary/aromatic N) is 3. The van der Waals surface area contributed by atoms with Gasteiger partial charge in [-0.1, -0.05) is 41.9 Å². The highest BCUT2D eigenvalue weighted by Crippen LogP contribution is 2.32. The van der Waals surface area contributed by atoms with Crippen molar-refractivity contribution in [2.24, 2.45) is 5.92 Å². The fraction of sp³-hybridized carbons (Fsp3) is 0.182. The van der Waals surface area contributed by atoms with Crippen molar-refractivity contribution in [1.29, 1.82) is 5.26 Å². The lowest BCUT2D eigenvalue weighted by atomic mass is 9.94. The van der Waals surface area contributed by atoms with Gasteiger partial charge >= 0.3 is 5.97 Å². The van der Waals surface area contributed by atoms with E-state index in [0.29, 0.717) is 21.4 Å². The molecule has 0 saturated heterocycles. The summed E-state index contributed by atoms with van der Waals surface area (Å²) >= 11 is 7.51. The molecular weight excluding hydrogens is 422 g/mol. The summed E-state index contributed by atoms with van der Waals surface area (Å²) in [6.07, 6.45) is -0.101. The zero-order chi connectivity index (χ0) is 21.7. The van der Waals surface area contributed by atoms with Crippen molar-refractivity contribution in [1.82, 2.24) is 4.98 Å². The number of thiazole rings is 1. The van der Waals surface area contributed by atoms with Gasteiger partial charge < -0.3 is 5.11 Å². The molecule has 3 rings (SSSR count). The quantitative estimate of drug-likeness (QED) is 0.579. The maximum absolute atomic E-state index is 13.1. The number of amides is 1. The zero-order valence-corrected chi connectivity index (χ0v) is 17.7. The summed E-state index contributed by atoms with van der Waals surface area (Å²) in [5, 5.41) is 21.2. The highest BCUT2D eigenvalue weighted by atomic mass is 35.5. The van der Waals surface area contributed by atoms with E-state index < -0.39 is 11.9 Å². The maximum Gasteiger partial charge on any atom is 0.304 e. The molecule has 0 bridgehead atoms. The summed E-state index contributed by atoms with van der Waals surface area (Å²) in [4.78, 5) is 30.3. The molecule has 0 fully saturated rings. The third kappa shape index (κ3) is 5.03. The molecule has 0 aliphatic rings. The average molecular weight is 440 g/mol. The Hall–Kier alpha value is -3.21. The zero-order valence-electron chi connectivity index (χ0n) is 16.1. The van der Waals surface area contributed by atoms with Crippen LogP contribution in [-0.2, 0) is 16.0 Å². The van der Waals surface area contributed by atoms with Gasteiger partial charge in [-0.2, -0.15) is 5.26 Å². The number of halogens is 1. The van der Waals surface area contributed by atoms with Crippen LogP contribution in [0.15, 0.2) is 53.9 Å². The fourth-order valence-corrected chi connectivity index (χ4v) is 4.12. The lowest BCUT2D eigenvalue weighted by molar-refractivity contribution is -0.140. The minimum Gasteiger partial charge on any atom is -0.481 e. The van der Waals surface area contributed by atoms with Gasteiger partial charge in [0.2, 0.25) is 5.91 Å². The number of hydrogen-bond donors (Lipinski definition) is 1. The van der Waals surface area contributed by atoms with E-state index in [-0.39, 0.29) is 18.7 Å². The van der Waals surface area contributed by atoms with Crippen LogP contribution in [0.2, 0.25) is 5.02 Å². The fourth-order valence-electron chi connectivity index (χ4n) is 3.09. The Bertz CT molecular complexity index is 1120. The molecular formula is C22H18ClN3O3S. The second-order valence-electron chi connectivity index (χ2n) is 6.70. The standard InChI is InChI=1S/C22H18ClN3O3S/c1-26(22-25-19(13-30-22)17-7-2-3-8-18(17)23)21(29)16(11-20(27)28)10-14-5-4-6-15(9-14)12-24/h2-9,13,16H,10-11H2,1H3,(H,27,28)/t16-/m1/s1. The molecule has 0 saturated carbocycles. The SMILES string of the molecule is CN(C(=O)[C@@H](CC(=O)O)Cc1cccc(C#N)c1)c1nc(-c2ccccc2Cl)cs1. The molecule has 1 N–H and O–H groups in total. The first-order valence-corrected chi connectivity index (χ1v) is 10.3. The molecule has 2 aromatic carbocycles. The number of anilines is 1. The van der Waals surface area contributed by atoms with Crippen molar-refractivity contribution in [3.05, 3.63) is 70.1 Å². The predicted octanol–water partition coefficient (Wildman–Crippen LogP) is 4.63. The van der Waals surface area contributed by atoms with E-state index >= 15 is 0 Å². The molecule has 0 aliphatic heterocycles. The third-order valence-corrected chi connectivity index (χ3v) is 5.81. The van der Waals surface area contributed by atoms with Crippen molar-refractivity contribution >= 4 is 39.9 Å². The summed E-state index contributed by atoms with van der Waals surface area (Å²) < 4.78 is 0. The number of benzene rings is 2. The Morgan fingerprint density at radius 3 is 2.73 bits per heavy atom. The summed E-state index contributed by atoms with van der Waals surface area (Å²) in [5.41, 5.74) is 2.61. The van der Waals surface area contributed by atoms with Gasteiger partial charge in [0.1, 0.15) is 0 Å². The van der Waals surface area contributed by atoms with Crippen molar-refractivity contribution in [2.45, 2.75) is 12.8 Å². The number of nitriles is 1. The third-order valence-electron chi connectivity index (χ3n) is 4.57. The van der Waals surface area contributed by atoms with Crippen LogP contribution < -0.4 is 4.90 Å². The van der Waals surface area contributed by atoms with Crippen LogP contribution in [0.3, 0.4) is 0 Å². The summed E-state index contributed by atoms with van der Waals surface area (Å²) in [6.45, 7) is 0. The smallest absolute Gasteiger partial charge is 0.304 e. The molecule has 1 atom stereocenters. The van der Waals surface area contributed by atoms with Gasteiger partial charge in [-0.3, -0.25) is 14.5 Å². The Labute approximate surface area is 183 Å². The van der Waals surface area contributed by atoms with Gasteiger partial charge in [0, 0.05) is 23.0 Å². The number of aromatic nitrogens is 1. The predicted molar refractivity (Wildman–Crippen MR) is 117 cm³/mol. The van der Waals surface area contributed by atoms with Crippen molar-refractivity contribution in [2.75, 3.05) is 11.9 Å². The number of rotatable bonds is 7. The Balaban J connectivity index is 1.83. The number of carboxylic acid groups (broad SMARTS) is 1.